The molecule has 0 spiro atoms. The molecule has 1 unspecified atom stereocenters. The summed E-state index contributed by atoms with van der Waals surface area (Å²) < 4.78 is 5.30. The van der Waals surface area contributed by atoms with Crippen molar-refractivity contribution < 1.29 is 9.32 Å². The van der Waals surface area contributed by atoms with Crippen molar-refractivity contribution in [2.24, 2.45) is 0 Å². The van der Waals surface area contributed by atoms with E-state index in [0.29, 0.717) is 29.0 Å². The van der Waals surface area contributed by atoms with Crippen molar-refractivity contribution in [1.82, 2.24) is 20.1 Å². The smallest absolute Gasteiger partial charge is 0.263 e. The number of hydrogen-bond donors (Lipinski definition) is 0. The molecule has 9 heteroatoms. The Hall–Kier alpha value is -2.94. The van der Waals surface area contributed by atoms with Gasteiger partial charge in [0.2, 0.25) is 0 Å². The fourth-order valence-corrected chi connectivity index (χ4v) is 4.35. The SMILES string of the molecule is CSc1ncc2c(n1)N1CCCC1CN(c1cccc(-c3nc(C)no3)c1)C2=O. The molecular formula is C20H20N6O2S. The lowest BCUT2D eigenvalue weighted by Crippen LogP contribution is -2.39. The van der Waals surface area contributed by atoms with Crippen LogP contribution in [0, 0.1) is 6.92 Å². The van der Waals surface area contributed by atoms with Crippen molar-refractivity contribution in [1.29, 1.82) is 0 Å². The van der Waals surface area contributed by atoms with Gasteiger partial charge in [0, 0.05) is 36.6 Å². The molecule has 0 N–H and O–H groups in total. The van der Waals surface area contributed by atoms with E-state index in [-0.39, 0.29) is 11.9 Å². The van der Waals surface area contributed by atoms with E-state index in [1.807, 2.05) is 35.4 Å². The Bertz CT molecular complexity index is 1080. The van der Waals surface area contributed by atoms with Gasteiger partial charge in [0.1, 0.15) is 11.4 Å². The first kappa shape index (κ1) is 18.1. The van der Waals surface area contributed by atoms with Crippen LogP contribution in [0.25, 0.3) is 11.5 Å². The maximum absolute atomic E-state index is 13.5. The first-order valence-electron chi connectivity index (χ1n) is 9.54. The summed E-state index contributed by atoms with van der Waals surface area (Å²) in [5, 5.41) is 4.55. The van der Waals surface area contributed by atoms with Gasteiger partial charge in [-0.1, -0.05) is 23.0 Å². The first-order chi connectivity index (χ1) is 14.1. The lowest BCUT2D eigenvalue weighted by atomic mass is 10.1. The van der Waals surface area contributed by atoms with Crippen LogP contribution in [0.4, 0.5) is 11.5 Å². The molecule has 2 aromatic heterocycles. The van der Waals surface area contributed by atoms with Crippen LogP contribution in [-0.2, 0) is 0 Å². The van der Waals surface area contributed by atoms with Crippen LogP contribution in [0.1, 0.15) is 29.0 Å². The molecule has 2 aliphatic heterocycles. The highest BCUT2D eigenvalue weighted by Gasteiger charge is 2.37. The number of fused-ring (bicyclic) bond motifs is 3. The summed E-state index contributed by atoms with van der Waals surface area (Å²) in [4.78, 5) is 30.9. The summed E-state index contributed by atoms with van der Waals surface area (Å²) in [5.41, 5.74) is 2.14. The minimum atomic E-state index is -0.0825. The molecule has 1 amide bonds. The Kier molecular flexibility index (Phi) is 4.46. The van der Waals surface area contributed by atoms with E-state index in [1.165, 1.54) is 11.8 Å². The number of carbonyl (C=O) groups excluding carboxylic acids is 1. The highest BCUT2D eigenvalue weighted by Crippen LogP contribution is 2.35. The lowest BCUT2D eigenvalue weighted by Gasteiger charge is -2.27. The Morgan fingerprint density at radius 2 is 2.17 bits per heavy atom. The standard InChI is InChI=1S/C20H20N6O2S/c1-12-22-18(28-24-12)13-5-3-6-14(9-13)26-11-15-7-4-8-25(15)17-16(19(26)27)10-21-20(23-17)29-2/h3,5-6,9-10,15H,4,7-8,11H2,1-2H3. The molecule has 8 nitrogen and oxygen atoms in total. The van der Waals surface area contributed by atoms with Crippen LogP contribution in [0.2, 0.25) is 0 Å². The highest BCUT2D eigenvalue weighted by molar-refractivity contribution is 7.98. The van der Waals surface area contributed by atoms with Gasteiger partial charge in [-0.05, 0) is 44.2 Å². The Balaban J connectivity index is 1.58. The van der Waals surface area contributed by atoms with Crippen molar-refractivity contribution in [3.8, 4) is 11.5 Å². The number of thioether (sulfide) groups is 1. The zero-order valence-electron chi connectivity index (χ0n) is 16.2. The number of aromatic nitrogens is 4. The van der Waals surface area contributed by atoms with Crippen molar-refractivity contribution >= 4 is 29.2 Å². The first-order valence-corrected chi connectivity index (χ1v) is 10.8. The largest absolute Gasteiger partial charge is 0.351 e. The normalized spacial score (nSPS) is 18.6. The number of amides is 1. The zero-order valence-corrected chi connectivity index (χ0v) is 17.0. The molecule has 29 heavy (non-hydrogen) atoms. The van der Waals surface area contributed by atoms with Crippen LogP contribution in [-0.4, -0.2) is 51.4 Å². The summed E-state index contributed by atoms with van der Waals surface area (Å²) >= 11 is 1.49. The molecule has 1 fully saturated rings. The molecule has 2 aliphatic rings. The van der Waals surface area contributed by atoms with Gasteiger partial charge in [-0.15, -0.1) is 0 Å². The summed E-state index contributed by atoms with van der Waals surface area (Å²) in [6.45, 7) is 3.30. The maximum atomic E-state index is 13.5. The molecule has 1 aromatic carbocycles. The van der Waals surface area contributed by atoms with Crippen molar-refractivity contribution in [2.45, 2.75) is 31.0 Å². The second-order valence-electron chi connectivity index (χ2n) is 7.20. The average Bonchev–Trinajstić information content (AvgIpc) is 3.37. The van der Waals surface area contributed by atoms with Crippen LogP contribution >= 0.6 is 11.8 Å². The molecule has 0 radical (unpaired) electrons. The van der Waals surface area contributed by atoms with Gasteiger partial charge in [-0.2, -0.15) is 4.98 Å². The summed E-state index contributed by atoms with van der Waals surface area (Å²) in [6.07, 6.45) is 5.73. The molecule has 0 aliphatic carbocycles. The number of hydrogen-bond acceptors (Lipinski definition) is 8. The predicted molar refractivity (Wildman–Crippen MR) is 110 cm³/mol. The Morgan fingerprint density at radius 3 is 2.97 bits per heavy atom. The number of benzene rings is 1. The quantitative estimate of drug-likeness (QED) is 0.482. The molecule has 0 bridgehead atoms. The summed E-state index contributed by atoms with van der Waals surface area (Å²) in [7, 11) is 0. The topological polar surface area (TPSA) is 88.2 Å². The average molecular weight is 408 g/mol. The number of anilines is 2. The van der Waals surface area contributed by atoms with Gasteiger partial charge < -0.3 is 14.3 Å². The molecule has 1 saturated heterocycles. The van der Waals surface area contributed by atoms with E-state index >= 15 is 0 Å². The number of rotatable bonds is 3. The second kappa shape index (κ2) is 7.14. The van der Waals surface area contributed by atoms with Crippen molar-refractivity contribution in [3.63, 3.8) is 0 Å². The fraction of sp³-hybridized carbons (Fsp3) is 0.350. The van der Waals surface area contributed by atoms with Crippen LogP contribution in [0.3, 0.4) is 0 Å². The summed E-state index contributed by atoms with van der Waals surface area (Å²) in [5.74, 6) is 1.69. The summed E-state index contributed by atoms with van der Waals surface area (Å²) in [6, 6.07) is 7.91. The second-order valence-corrected chi connectivity index (χ2v) is 7.97. The van der Waals surface area contributed by atoms with Gasteiger partial charge in [-0.25, -0.2) is 9.97 Å². The Morgan fingerprint density at radius 1 is 1.28 bits per heavy atom. The van der Waals surface area contributed by atoms with E-state index < -0.39 is 0 Å². The van der Waals surface area contributed by atoms with Crippen LogP contribution in [0.5, 0.6) is 0 Å². The van der Waals surface area contributed by atoms with Crippen molar-refractivity contribution in [2.75, 3.05) is 29.1 Å². The third kappa shape index (κ3) is 3.15. The molecule has 5 rings (SSSR count). The van der Waals surface area contributed by atoms with E-state index in [9.17, 15) is 4.79 Å². The number of aryl methyl sites for hydroxylation is 1. The molecule has 0 saturated carbocycles. The van der Waals surface area contributed by atoms with Gasteiger partial charge in [0.15, 0.2) is 11.0 Å². The lowest BCUT2D eigenvalue weighted by molar-refractivity contribution is 0.0988. The Labute approximate surface area is 172 Å². The zero-order chi connectivity index (χ0) is 20.0. The minimum absolute atomic E-state index is 0.0825. The van der Waals surface area contributed by atoms with Crippen LogP contribution < -0.4 is 9.80 Å². The third-order valence-corrected chi connectivity index (χ3v) is 5.94. The van der Waals surface area contributed by atoms with Gasteiger partial charge in [-0.3, -0.25) is 4.79 Å². The molecule has 148 valence electrons. The van der Waals surface area contributed by atoms with Gasteiger partial charge in [0.05, 0.1) is 0 Å². The monoisotopic (exact) mass is 408 g/mol. The maximum Gasteiger partial charge on any atom is 0.263 e. The molecular weight excluding hydrogens is 388 g/mol. The van der Waals surface area contributed by atoms with E-state index in [1.54, 1.807) is 13.1 Å². The predicted octanol–water partition coefficient (Wildman–Crippen LogP) is 3.19. The molecule has 4 heterocycles. The fourth-order valence-electron chi connectivity index (χ4n) is 4.01. The van der Waals surface area contributed by atoms with E-state index in [2.05, 4.69) is 25.0 Å². The van der Waals surface area contributed by atoms with Gasteiger partial charge >= 0.3 is 0 Å². The number of nitrogens with zero attached hydrogens (tertiary/aromatic N) is 6. The van der Waals surface area contributed by atoms with Gasteiger partial charge in [0.25, 0.3) is 11.8 Å². The molecule has 3 aromatic rings. The van der Waals surface area contributed by atoms with Crippen LogP contribution in [0.15, 0.2) is 40.1 Å². The highest BCUT2D eigenvalue weighted by atomic mass is 32.2. The van der Waals surface area contributed by atoms with Crippen molar-refractivity contribution in [3.05, 3.63) is 41.9 Å². The van der Waals surface area contributed by atoms with E-state index in [4.69, 9.17) is 4.52 Å². The third-order valence-electron chi connectivity index (χ3n) is 5.38. The minimum Gasteiger partial charge on any atom is -0.351 e. The number of carbonyl (C=O) groups is 1. The van der Waals surface area contributed by atoms with E-state index in [0.717, 1.165) is 36.5 Å². The molecule has 1 atom stereocenters.